The van der Waals surface area contributed by atoms with E-state index in [-0.39, 0.29) is 36.0 Å². The van der Waals surface area contributed by atoms with Gasteiger partial charge in [0.2, 0.25) is 5.91 Å². The standard InChI is InChI=1S/C32H33FN4O3/c33-25-9-4-7-23(21-25)14-16-37-31(39)27-12-5-13-28(29(27)32(37)40)36-15-6-8-24(22-36)30(38)35-19-17-34(18-20-35)26-10-2-1-3-11-26/h1-5,7,9-13,21,24H,6,8,14-20,22H2. The van der Waals surface area contributed by atoms with Crippen molar-refractivity contribution in [3.05, 3.63) is 95.3 Å². The van der Waals surface area contributed by atoms with Crippen molar-refractivity contribution in [2.24, 2.45) is 5.92 Å². The number of para-hydroxylation sites is 1. The number of benzene rings is 3. The van der Waals surface area contributed by atoms with E-state index in [1.807, 2.05) is 35.2 Å². The van der Waals surface area contributed by atoms with Crippen molar-refractivity contribution in [3.63, 3.8) is 0 Å². The highest BCUT2D eigenvalue weighted by molar-refractivity contribution is 6.23. The molecule has 7 nitrogen and oxygen atoms in total. The smallest absolute Gasteiger partial charge is 0.263 e. The van der Waals surface area contributed by atoms with Crippen LogP contribution in [0.3, 0.4) is 0 Å². The second-order valence-electron chi connectivity index (χ2n) is 10.8. The van der Waals surface area contributed by atoms with Crippen molar-refractivity contribution < 1.29 is 18.8 Å². The lowest BCUT2D eigenvalue weighted by Gasteiger charge is -2.40. The molecule has 0 radical (unpaired) electrons. The highest BCUT2D eigenvalue weighted by Crippen LogP contribution is 2.34. The third-order valence-corrected chi connectivity index (χ3v) is 8.31. The molecular formula is C32H33FN4O3. The highest BCUT2D eigenvalue weighted by atomic mass is 19.1. The zero-order chi connectivity index (χ0) is 27.6. The van der Waals surface area contributed by atoms with Gasteiger partial charge in [-0.2, -0.15) is 0 Å². The van der Waals surface area contributed by atoms with Gasteiger partial charge in [-0.05, 0) is 61.2 Å². The Labute approximate surface area is 233 Å². The number of nitrogens with zero attached hydrogens (tertiary/aromatic N) is 4. The summed E-state index contributed by atoms with van der Waals surface area (Å²) in [4.78, 5) is 47.9. The maximum absolute atomic E-state index is 13.6. The van der Waals surface area contributed by atoms with Crippen LogP contribution in [0.5, 0.6) is 0 Å². The Hall–Kier alpha value is -4.20. The van der Waals surface area contributed by atoms with Crippen LogP contribution in [0.4, 0.5) is 15.8 Å². The van der Waals surface area contributed by atoms with Gasteiger partial charge in [-0.1, -0.05) is 36.4 Å². The Balaban J connectivity index is 1.12. The predicted octanol–water partition coefficient (Wildman–Crippen LogP) is 4.23. The molecule has 3 aliphatic rings. The molecule has 6 rings (SSSR count). The molecule has 3 amide bonds. The summed E-state index contributed by atoms with van der Waals surface area (Å²) in [6.45, 7) is 4.44. The highest BCUT2D eigenvalue weighted by Gasteiger charge is 2.39. The second-order valence-corrected chi connectivity index (χ2v) is 10.8. The average molecular weight is 541 g/mol. The van der Waals surface area contributed by atoms with E-state index in [1.54, 1.807) is 18.2 Å². The molecule has 3 aliphatic heterocycles. The summed E-state index contributed by atoms with van der Waals surface area (Å²) in [6, 6.07) is 21.9. The number of carbonyl (C=O) groups excluding carboxylic acids is 3. The lowest BCUT2D eigenvalue weighted by atomic mass is 9.94. The van der Waals surface area contributed by atoms with Crippen molar-refractivity contribution in [2.45, 2.75) is 19.3 Å². The van der Waals surface area contributed by atoms with Crippen LogP contribution in [-0.4, -0.2) is 73.3 Å². The van der Waals surface area contributed by atoms with E-state index in [0.717, 1.165) is 43.7 Å². The fraction of sp³-hybridized carbons (Fsp3) is 0.344. The maximum Gasteiger partial charge on any atom is 0.263 e. The van der Waals surface area contributed by atoms with E-state index in [4.69, 9.17) is 0 Å². The van der Waals surface area contributed by atoms with Crippen molar-refractivity contribution in [3.8, 4) is 0 Å². The quantitative estimate of drug-likeness (QED) is 0.438. The Kier molecular flexibility index (Phi) is 7.24. The van der Waals surface area contributed by atoms with Crippen LogP contribution in [0, 0.1) is 11.7 Å². The molecule has 0 aliphatic carbocycles. The number of fused-ring (bicyclic) bond motifs is 1. The lowest BCUT2D eigenvalue weighted by molar-refractivity contribution is -0.136. The normalized spacial score (nSPS) is 19.3. The Morgan fingerprint density at radius 1 is 0.825 bits per heavy atom. The molecule has 206 valence electrons. The summed E-state index contributed by atoms with van der Waals surface area (Å²) in [5, 5.41) is 0. The summed E-state index contributed by atoms with van der Waals surface area (Å²) < 4.78 is 13.6. The minimum atomic E-state index is -0.338. The molecule has 1 unspecified atom stereocenters. The lowest BCUT2D eigenvalue weighted by Crippen LogP contribution is -2.52. The van der Waals surface area contributed by atoms with Crippen LogP contribution in [0.25, 0.3) is 0 Å². The first kappa shape index (κ1) is 26.0. The largest absolute Gasteiger partial charge is 0.370 e. The second kappa shape index (κ2) is 11.1. The number of piperidine rings is 1. The molecule has 0 aromatic heterocycles. The van der Waals surface area contributed by atoms with Crippen LogP contribution in [-0.2, 0) is 11.2 Å². The molecule has 8 heteroatoms. The third-order valence-electron chi connectivity index (χ3n) is 8.31. The Morgan fingerprint density at radius 3 is 2.38 bits per heavy atom. The molecule has 3 aromatic rings. The van der Waals surface area contributed by atoms with E-state index >= 15 is 0 Å². The molecule has 2 fully saturated rings. The first-order valence-electron chi connectivity index (χ1n) is 14.1. The number of carbonyl (C=O) groups is 3. The summed E-state index contributed by atoms with van der Waals surface area (Å²) in [5.74, 6) is -0.959. The van der Waals surface area contributed by atoms with Gasteiger partial charge in [0.1, 0.15) is 5.82 Å². The van der Waals surface area contributed by atoms with E-state index in [9.17, 15) is 18.8 Å². The average Bonchev–Trinajstić information content (AvgIpc) is 3.25. The number of piperazine rings is 1. The maximum atomic E-state index is 13.6. The van der Waals surface area contributed by atoms with Crippen LogP contribution in [0.2, 0.25) is 0 Å². The SMILES string of the molecule is O=C(C1CCCN(c2cccc3c2C(=O)N(CCc2cccc(F)c2)C3=O)C1)N1CCN(c2ccccc2)CC1. The fourth-order valence-electron chi connectivity index (χ4n) is 6.20. The van der Waals surface area contributed by atoms with Gasteiger partial charge < -0.3 is 14.7 Å². The first-order valence-corrected chi connectivity index (χ1v) is 14.1. The van der Waals surface area contributed by atoms with Crippen molar-refractivity contribution in [1.82, 2.24) is 9.80 Å². The van der Waals surface area contributed by atoms with Gasteiger partial charge in [0, 0.05) is 51.5 Å². The number of hydrogen-bond acceptors (Lipinski definition) is 5. The van der Waals surface area contributed by atoms with Crippen molar-refractivity contribution in [1.29, 1.82) is 0 Å². The van der Waals surface area contributed by atoms with Gasteiger partial charge in [0.25, 0.3) is 11.8 Å². The van der Waals surface area contributed by atoms with Gasteiger partial charge in [0.15, 0.2) is 0 Å². The van der Waals surface area contributed by atoms with Gasteiger partial charge in [-0.3, -0.25) is 19.3 Å². The Morgan fingerprint density at radius 2 is 1.60 bits per heavy atom. The number of rotatable bonds is 6. The Bertz CT molecular complexity index is 1420. The van der Waals surface area contributed by atoms with Crippen molar-refractivity contribution in [2.75, 3.05) is 55.6 Å². The molecule has 3 aromatic carbocycles. The minimum absolute atomic E-state index is 0.149. The third kappa shape index (κ3) is 5.06. The van der Waals surface area contributed by atoms with E-state index in [0.29, 0.717) is 37.2 Å². The number of halogens is 1. The zero-order valence-electron chi connectivity index (χ0n) is 22.5. The van der Waals surface area contributed by atoms with Gasteiger partial charge in [0.05, 0.1) is 22.7 Å². The van der Waals surface area contributed by atoms with E-state index in [1.165, 1.54) is 22.7 Å². The number of imide groups is 1. The topological polar surface area (TPSA) is 64.2 Å². The van der Waals surface area contributed by atoms with E-state index in [2.05, 4.69) is 21.9 Å². The van der Waals surface area contributed by atoms with Crippen LogP contribution in [0.1, 0.15) is 39.1 Å². The van der Waals surface area contributed by atoms with Crippen LogP contribution >= 0.6 is 0 Å². The minimum Gasteiger partial charge on any atom is -0.370 e. The summed E-state index contributed by atoms with van der Waals surface area (Å²) >= 11 is 0. The molecule has 40 heavy (non-hydrogen) atoms. The fourth-order valence-corrected chi connectivity index (χ4v) is 6.20. The summed E-state index contributed by atoms with van der Waals surface area (Å²) in [5.41, 5.74) is 3.44. The van der Waals surface area contributed by atoms with Crippen molar-refractivity contribution >= 4 is 29.1 Å². The van der Waals surface area contributed by atoms with Gasteiger partial charge in [-0.15, -0.1) is 0 Å². The molecule has 3 heterocycles. The molecule has 0 spiro atoms. The van der Waals surface area contributed by atoms with Crippen LogP contribution < -0.4 is 9.80 Å². The number of amides is 3. The summed E-state index contributed by atoms with van der Waals surface area (Å²) in [7, 11) is 0. The molecule has 0 N–H and O–H groups in total. The van der Waals surface area contributed by atoms with Gasteiger partial charge >= 0.3 is 0 Å². The monoisotopic (exact) mass is 540 g/mol. The number of anilines is 2. The molecule has 1 atom stereocenters. The summed E-state index contributed by atoms with van der Waals surface area (Å²) in [6.07, 6.45) is 2.04. The first-order chi connectivity index (χ1) is 19.5. The molecule has 2 saturated heterocycles. The number of hydrogen-bond donors (Lipinski definition) is 0. The predicted molar refractivity (Wildman–Crippen MR) is 152 cm³/mol. The molecular weight excluding hydrogens is 507 g/mol. The zero-order valence-corrected chi connectivity index (χ0v) is 22.5. The van der Waals surface area contributed by atoms with Gasteiger partial charge in [-0.25, -0.2) is 4.39 Å². The van der Waals surface area contributed by atoms with Crippen LogP contribution in [0.15, 0.2) is 72.8 Å². The molecule has 0 saturated carbocycles. The van der Waals surface area contributed by atoms with E-state index < -0.39 is 0 Å². The molecule has 0 bridgehead atoms.